The number of rotatable bonds is 6. The van der Waals surface area contributed by atoms with E-state index >= 15 is 0 Å². The lowest BCUT2D eigenvalue weighted by atomic mass is 10.1. The first kappa shape index (κ1) is 20.9. The van der Waals surface area contributed by atoms with Gasteiger partial charge in [0.15, 0.2) is 0 Å². The van der Waals surface area contributed by atoms with Crippen molar-refractivity contribution in [3.8, 4) is 5.75 Å². The van der Waals surface area contributed by atoms with Gasteiger partial charge in [0.05, 0.1) is 16.7 Å². The predicted molar refractivity (Wildman–Crippen MR) is 108 cm³/mol. The summed E-state index contributed by atoms with van der Waals surface area (Å²) in [5, 5.41) is 0.588. The maximum absolute atomic E-state index is 13.0. The van der Waals surface area contributed by atoms with Gasteiger partial charge in [-0.2, -0.15) is 0 Å². The third-order valence-electron chi connectivity index (χ3n) is 4.49. The summed E-state index contributed by atoms with van der Waals surface area (Å²) in [5.74, 6) is 0.228. The molecule has 0 amide bonds. The van der Waals surface area contributed by atoms with Crippen LogP contribution < -0.4 is 4.74 Å². The second-order valence-electron chi connectivity index (χ2n) is 6.64. The monoisotopic (exact) mass is 424 g/mol. The molecule has 2 aromatic carbocycles. The Morgan fingerprint density at radius 2 is 1.82 bits per heavy atom. The molecule has 28 heavy (non-hydrogen) atoms. The number of piperazine rings is 1. The highest BCUT2D eigenvalue weighted by Crippen LogP contribution is 2.25. The summed E-state index contributed by atoms with van der Waals surface area (Å²) in [6, 6.07) is 11.3. The van der Waals surface area contributed by atoms with Crippen LogP contribution in [0.15, 0.2) is 42.5 Å². The molecule has 0 bridgehead atoms. The molecule has 5 nitrogen and oxygen atoms in total. The van der Waals surface area contributed by atoms with Crippen LogP contribution in [0.5, 0.6) is 5.75 Å². The van der Waals surface area contributed by atoms with E-state index < -0.39 is 11.0 Å². The molecule has 3 rings (SSSR count). The summed E-state index contributed by atoms with van der Waals surface area (Å²) in [7, 11) is -1.15. The summed E-state index contributed by atoms with van der Waals surface area (Å²) in [5.41, 5.74) is 1.70. The van der Waals surface area contributed by atoms with Crippen molar-refractivity contribution in [2.45, 2.75) is 19.2 Å². The Morgan fingerprint density at radius 1 is 1.14 bits per heavy atom. The van der Waals surface area contributed by atoms with Gasteiger partial charge in [0.1, 0.15) is 11.6 Å². The molecular formula is C20H22ClFN2O3S. The Morgan fingerprint density at radius 3 is 2.46 bits per heavy atom. The minimum absolute atomic E-state index is 0.294. The normalized spacial score (nSPS) is 16.7. The van der Waals surface area contributed by atoms with Crippen LogP contribution in [0.25, 0.3) is 0 Å². The van der Waals surface area contributed by atoms with Gasteiger partial charge in [0.2, 0.25) is 0 Å². The molecule has 1 atom stereocenters. The third kappa shape index (κ3) is 5.85. The molecule has 1 heterocycles. The van der Waals surface area contributed by atoms with Crippen LogP contribution in [-0.2, 0) is 28.1 Å². The zero-order chi connectivity index (χ0) is 20.1. The number of esters is 1. The molecule has 1 fully saturated rings. The van der Waals surface area contributed by atoms with Crippen molar-refractivity contribution < 1.29 is 18.1 Å². The molecule has 0 aliphatic carbocycles. The largest absolute Gasteiger partial charge is 0.426 e. The number of halogens is 2. The molecule has 0 spiro atoms. The lowest BCUT2D eigenvalue weighted by Crippen LogP contribution is -2.46. The zero-order valence-electron chi connectivity index (χ0n) is 15.6. The van der Waals surface area contributed by atoms with Crippen LogP contribution in [-0.4, -0.2) is 45.6 Å². The fourth-order valence-electron chi connectivity index (χ4n) is 3.07. The fraction of sp³-hybridized carbons (Fsp3) is 0.350. The quantitative estimate of drug-likeness (QED) is 0.527. The molecule has 0 radical (unpaired) electrons. The van der Waals surface area contributed by atoms with Crippen LogP contribution in [0.1, 0.15) is 18.1 Å². The van der Waals surface area contributed by atoms with E-state index in [1.165, 1.54) is 19.1 Å². The average Bonchev–Trinajstić information content (AvgIpc) is 2.66. The first-order valence-electron chi connectivity index (χ1n) is 8.98. The Labute approximate surface area is 171 Å². The van der Waals surface area contributed by atoms with Gasteiger partial charge in [-0.3, -0.25) is 9.69 Å². The maximum atomic E-state index is 13.0. The van der Waals surface area contributed by atoms with E-state index in [-0.39, 0.29) is 11.8 Å². The summed E-state index contributed by atoms with van der Waals surface area (Å²) in [4.78, 5) is 13.5. The third-order valence-corrected chi connectivity index (χ3v) is 6.25. The van der Waals surface area contributed by atoms with Crippen LogP contribution >= 0.6 is 11.6 Å². The Bertz CT molecular complexity index is 855. The minimum Gasteiger partial charge on any atom is -0.426 e. The smallest absolute Gasteiger partial charge is 0.308 e. The molecule has 2 aromatic rings. The second-order valence-corrected chi connectivity index (χ2v) is 8.53. The minimum atomic E-state index is -1.15. The van der Waals surface area contributed by atoms with Gasteiger partial charge in [-0.05, 0) is 35.9 Å². The topological polar surface area (TPSA) is 49.9 Å². The molecule has 0 N–H and O–H groups in total. The van der Waals surface area contributed by atoms with Crippen LogP contribution in [0.3, 0.4) is 0 Å². The maximum Gasteiger partial charge on any atom is 0.308 e. The second kappa shape index (κ2) is 9.60. The van der Waals surface area contributed by atoms with Crippen molar-refractivity contribution >= 4 is 28.6 Å². The van der Waals surface area contributed by atoms with E-state index in [1.807, 2.05) is 4.31 Å². The fourth-order valence-corrected chi connectivity index (χ4v) is 4.50. The molecule has 1 aliphatic rings. The molecule has 1 unspecified atom stereocenters. The molecule has 0 aromatic heterocycles. The number of benzene rings is 2. The number of ether oxygens (including phenoxy) is 1. The van der Waals surface area contributed by atoms with E-state index in [4.69, 9.17) is 16.3 Å². The van der Waals surface area contributed by atoms with E-state index in [1.54, 1.807) is 30.3 Å². The van der Waals surface area contributed by atoms with Crippen molar-refractivity contribution in [3.05, 3.63) is 64.4 Å². The van der Waals surface area contributed by atoms with E-state index in [0.717, 1.165) is 24.2 Å². The van der Waals surface area contributed by atoms with Gasteiger partial charge in [-0.1, -0.05) is 23.7 Å². The molecule has 0 saturated carbocycles. The van der Waals surface area contributed by atoms with Crippen molar-refractivity contribution in [2.24, 2.45) is 0 Å². The number of hydrogen-bond acceptors (Lipinski definition) is 4. The predicted octanol–water partition coefficient (Wildman–Crippen LogP) is 3.39. The van der Waals surface area contributed by atoms with Gasteiger partial charge in [0.25, 0.3) is 0 Å². The highest BCUT2D eigenvalue weighted by molar-refractivity contribution is 7.81. The number of nitrogens with zero attached hydrogens (tertiary/aromatic N) is 2. The highest BCUT2D eigenvalue weighted by Gasteiger charge is 2.22. The van der Waals surface area contributed by atoms with Crippen LogP contribution in [0, 0.1) is 5.82 Å². The van der Waals surface area contributed by atoms with Crippen molar-refractivity contribution in [3.63, 3.8) is 0 Å². The number of hydrogen-bond donors (Lipinski definition) is 0. The summed E-state index contributed by atoms with van der Waals surface area (Å²) >= 11 is 6.09. The van der Waals surface area contributed by atoms with Crippen molar-refractivity contribution in [1.29, 1.82) is 0 Å². The lowest BCUT2D eigenvalue weighted by molar-refractivity contribution is -0.131. The van der Waals surface area contributed by atoms with E-state index in [2.05, 4.69) is 4.90 Å². The summed E-state index contributed by atoms with van der Waals surface area (Å²) in [6.45, 7) is 4.77. The first-order chi connectivity index (χ1) is 13.4. The Balaban J connectivity index is 1.55. The first-order valence-corrected chi connectivity index (χ1v) is 10.6. The standard InChI is InChI=1S/C20H22ClFN2O3S/c1-15(25)27-20-7-4-18(21)12-17(20)13-23-8-10-24(11-9-23)28(26)14-16-2-5-19(22)6-3-16/h2-7,12H,8-11,13-14H2,1H3. The van der Waals surface area contributed by atoms with Crippen molar-refractivity contribution in [1.82, 2.24) is 9.21 Å². The van der Waals surface area contributed by atoms with Crippen molar-refractivity contribution in [2.75, 3.05) is 26.2 Å². The van der Waals surface area contributed by atoms with Gasteiger partial charge < -0.3 is 4.74 Å². The van der Waals surface area contributed by atoms with Gasteiger partial charge >= 0.3 is 5.97 Å². The lowest BCUT2D eigenvalue weighted by Gasteiger charge is -2.34. The molecule has 8 heteroatoms. The molecule has 1 saturated heterocycles. The SMILES string of the molecule is CC(=O)Oc1ccc(Cl)cc1CN1CCN(S(=O)Cc2ccc(F)cc2)CC1. The number of carbonyl (C=O) groups excluding carboxylic acids is 1. The van der Waals surface area contributed by atoms with Gasteiger partial charge in [-0.15, -0.1) is 0 Å². The molecule has 1 aliphatic heterocycles. The number of carbonyl (C=O) groups is 1. The highest BCUT2D eigenvalue weighted by atomic mass is 35.5. The molecule has 150 valence electrons. The summed E-state index contributed by atoms with van der Waals surface area (Å²) in [6.07, 6.45) is 0. The van der Waals surface area contributed by atoms with Crippen LogP contribution in [0.4, 0.5) is 4.39 Å². The van der Waals surface area contributed by atoms with E-state index in [0.29, 0.717) is 36.2 Å². The Hall–Kier alpha value is -1.80. The Kier molecular flexibility index (Phi) is 7.18. The van der Waals surface area contributed by atoms with E-state index in [9.17, 15) is 13.4 Å². The van der Waals surface area contributed by atoms with Gasteiger partial charge in [-0.25, -0.2) is 12.9 Å². The zero-order valence-corrected chi connectivity index (χ0v) is 17.1. The summed E-state index contributed by atoms with van der Waals surface area (Å²) < 4.78 is 32.8. The molecular weight excluding hydrogens is 403 g/mol. The van der Waals surface area contributed by atoms with Gasteiger partial charge in [0, 0.05) is 50.2 Å². The van der Waals surface area contributed by atoms with Crippen LogP contribution in [0.2, 0.25) is 5.02 Å². The average molecular weight is 425 g/mol.